The smallest absolute Gasteiger partial charge is 0.0976 e. The molecule has 1 aromatic heterocycles. The van der Waals surface area contributed by atoms with Gasteiger partial charge in [0.15, 0.2) is 0 Å². The third-order valence-electron chi connectivity index (χ3n) is 4.01. The fourth-order valence-corrected chi connectivity index (χ4v) is 3.70. The van der Waals surface area contributed by atoms with Gasteiger partial charge in [-0.25, -0.2) is 4.98 Å². The largest absolute Gasteiger partial charge is 0.384 e. The maximum Gasteiger partial charge on any atom is 0.0976 e. The zero-order chi connectivity index (χ0) is 14.5. The minimum absolute atomic E-state index is 0.596. The molecule has 0 bridgehead atoms. The number of methoxy groups -OCH3 is 1. The van der Waals surface area contributed by atoms with Crippen LogP contribution >= 0.6 is 11.3 Å². The molecular weight excluding hydrogens is 280 g/mol. The molecule has 1 N–H and O–H groups in total. The summed E-state index contributed by atoms with van der Waals surface area (Å²) in [6.07, 6.45) is 3.48. The molecule has 0 amide bonds. The van der Waals surface area contributed by atoms with E-state index >= 15 is 0 Å². The highest BCUT2D eigenvalue weighted by Crippen LogP contribution is 2.30. The van der Waals surface area contributed by atoms with Gasteiger partial charge < -0.3 is 10.1 Å². The van der Waals surface area contributed by atoms with Gasteiger partial charge in [0.1, 0.15) is 0 Å². The lowest BCUT2D eigenvalue weighted by atomic mass is 10.0. The zero-order valence-corrected chi connectivity index (χ0v) is 13.3. The predicted molar refractivity (Wildman–Crippen MR) is 88.0 cm³/mol. The van der Waals surface area contributed by atoms with E-state index < -0.39 is 0 Å². The Kier molecular flexibility index (Phi) is 5.01. The van der Waals surface area contributed by atoms with Crippen LogP contribution in [0.3, 0.4) is 0 Å². The van der Waals surface area contributed by atoms with Gasteiger partial charge in [0.25, 0.3) is 0 Å². The Labute approximate surface area is 130 Å². The molecular formula is C17H22N2OS. The Morgan fingerprint density at radius 2 is 2.19 bits per heavy atom. The van der Waals surface area contributed by atoms with Crippen molar-refractivity contribution in [3.8, 4) is 11.3 Å². The Bertz CT molecular complexity index is 558. The lowest BCUT2D eigenvalue weighted by Crippen LogP contribution is -2.28. The van der Waals surface area contributed by atoms with Crippen LogP contribution in [-0.4, -0.2) is 31.8 Å². The molecule has 1 saturated heterocycles. The quantitative estimate of drug-likeness (QED) is 0.918. The molecule has 1 fully saturated rings. The van der Waals surface area contributed by atoms with Crippen LogP contribution in [0.15, 0.2) is 29.6 Å². The van der Waals surface area contributed by atoms with Gasteiger partial charge >= 0.3 is 0 Å². The topological polar surface area (TPSA) is 34.1 Å². The summed E-state index contributed by atoms with van der Waals surface area (Å²) < 4.78 is 5.11. The molecule has 0 spiro atoms. The summed E-state index contributed by atoms with van der Waals surface area (Å²) in [4.78, 5) is 4.85. The first-order chi connectivity index (χ1) is 10.4. The van der Waals surface area contributed by atoms with Crippen molar-refractivity contribution < 1.29 is 4.74 Å². The summed E-state index contributed by atoms with van der Waals surface area (Å²) in [5, 5.41) is 6.93. The first-order valence-corrected chi connectivity index (χ1v) is 8.49. The van der Waals surface area contributed by atoms with Crippen LogP contribution in [0.5, 0.6) is 0 Å². The number of piperidine rings is 1. The van der Waals surface area contributed by atoms with E-state index in [1.54, 1.807) is 18.4 Å². The van der Waals surface area contributed by atoms with E-state index in [1.165, 1.54) is 29.0 Å². The standard InChI is InChI=1S/C17H22N2OS/c1-20-10-8-13-4-6-14(7-5-13)16-12-21-17(19-16)15-3-2-9-18-11-15/h4-7,12,15,18H,2-3,8-11H2,1H3. The monoisotopic (exact) mass is 302 g/mol. The Balaban J connectivity index is 1.70. The summed E-state index contributed by atoms with van der Waals surface area (Å²) >= 11 is 1.80. The number of benzene rings is 1. The van der Waals surface area contributed by atoms with Crippen molar-refractivity contribution in [1.29, 1.82) is 0 Å². The summed E-state index contributed by atoms with van der Waals surface area (Å²) in [6, 6.07) is 8.69. The summed E-state index contributed by atoms with van der Waals surface area (Å²) in [6.45, 7) is 3.00. The lowest BCUT2D eigenvalue weighted by molar-refractivity contribution is 0.202. The number of rotatable bonds is 5. The van der Waals surface area contributed by atoms with Crippen molar-refractivity contribution in [1.82, 2.24) is 10.3 Å². The number of hydrogen-bond acceptors (Lipinski definition) is 4. The molecule has 1 atom stereocenters. The normalized spacial score (nSPS) is 18.8. The Hall–Kier alpha value is -1.23. The fourth-order valence-electron chi connectivity index (χ4n) is 2.73. The first kappa shape index (κ1) is 14.7. The molecule has 2 aromatic rings. The van der Waals surface area contributed by atoms with Gasteiger partial charge in [-0.1, -0.05) is 24.3 Å². The van der Waals surface area contributed by atoms with Gasteiger partial charge in [0.05, 0.1) is 17.3 Å². The van der Waals surface area contributed by atoms with Gasteiger partial charge in [-0.15, -0.1) is 11.3 Å². The highest BCUT2D eigenvalue weighted by atomic mass is 32.1. The molecule has 0 radical (unpaired) electrons. The van der Waals surface area contributed by atoms with E-state index in [-0.39, 0.29) is 0 Å². The van der Waals surface area contributed by atoms with Gasteiger partial charge in [-0.3, -0.25) is 0 Å². The maximum absolute atomic E-state index is 5.11. The summed E-state index contributed by atoms with van der Waals surface area (Å²) in [5.41, 5.74) is 3.63. The van der Waals surface area contributed by atoms with Gasteiger partial charge in [0.2, 0.25) is 0 Å². The van der Waals surface area contributed by atoms with Crippen molar-refractivity contribution in [3.05, 3.63) is 40.2 Å². The molecule has 4 heteroatoms. The highest BCUT2D eigenvalue weighted by molar-refractivity contribution is 7.10. The van der Waals surface area contributed by atoms with E-state index in [2.05, 4.69) is 35.0 Å². The predicted octanol–water partition coefficient (Wildman–Crippen LogP) is 3.47. The van der Waals surface area contributed by atoms with Crippen LogP contribution < -0.4 is 5.32 Å². The molecule has 21 heavy (non-hydrogen) atoms. The third-order valence-corrected chi connectivity index (χ3v) is 5.02. The number of aromatic nitrogens is 1. The molecule has 1 unspecified atom stereocenters. The third kappa shape index (κ3) is 3.70. The van der Waals surface area contributed by atoms with Crippen molar-refractivity contribution in [2.75, 3.05) is 26.8 Å². The van der Waals surface area contributed by atoms with E-state index in [0.717, 1.165) is 31.8 Å². The summed E-state index contributed by atoms with van der Waals surface area (Å²) in [5.74, 6) is 0.596. The average molecular weight is 302 g/mol. The molecule has 3 rings (SSSR count). The van der Waals surface area contributed by atoms with E-state index in [4.69, 9.17) is 9.72 Å². The lowest BCUT2D eigenvalue weighted by Gasteiger charge is -2.20. The van der Waals surface area contributed by atoms with Crippen LogP contribution in [0.4, 0.5) is 0 Å². The molecule has 0 saturated carbocycles. The minimum Gasteiger partial charge on any atom is -0.384 e. The van der Waals surface area contributed by atoms with Crippen LogP contribution in [-0.2, 0) is 11.2 Å². The SMILES string of the molecule is COCCc1ccc(-c2csc(C3CCCNC3)n2)cc1. The van der Waals surface area contributed by atoms with E-state index in [0.29, 0.717) is 5.92 Å². The second-order valence-corrected chi connectivity index (χ2v) is 6.44. The van der Waals surface area contributed by atoms with Gasteiger partial charge in [-0.2, -0.15) is 0 Å². The van der Waals surface area contributed by atoms with Crippen molar-refractivity contribution in [3.63, 3.8) is 0 Å². The Morgan fingerprint density at radius 3 is 2.90 bits per heavy atom. The first-order valence-electron chi connectivity index (χ1n) is 7.61. The number of hydrogen-bond donors (Lipinski definition) is 1. The number of thiazole rings is 1. The molecule has 1 aliphatic heterocycles. The highest BCUT2D eigenvalue weighted by Gasteiger charge is 2.18. The summed E-state index contributed by atoms with van der Waals surface area (Å²) in [7, 11) is 1.74. The van der Waals surface area contributed by atoms with Crippen molar-refractivity contribution in [2.45, 2.75) is 25.2 Å². The van der Waals surface area contributed by atoms with Gasteiger partial charge in [0, 0.05) is 30.5 Å². The van der Waals surface area contributed by atoms with E-state index in [9.17, 15) is 0 Å². The van der Waals surface area contributed by atoms with Crippen molar-refractivity contribution >= 4 is 11.3 Å². The van der Waals surface area contributed by atoms with Crippen LogP contribution in [0.25, 0.3) is 11.3 Å². The van der Waals surface area contributed by atoms with Gasteiger partial charge in [-0.05, 0) is 31.4 Å². The minimum atomic E-state index is 0.596. The number of nitrogens with zero attached hydrogens (tertiary/aromatic N) is 1. The number of ether oxygens (including phenoxy) is 1. The molecule has 1 aliphatic rings. The van der Waals surface area contributed by atoms with Crippen LogP contribution in [0.2, 0.25) is 0 Å². The van der Waals surface area contributed by atoms with Crippen LogP contribution in [0, 0.1) is 0 Å². The van der Waals surface area contributed by atoms with E-state index in [1.807, 2.05) is 0 Å². The van der Waals surface area contributed by atoms with Crippen molar-refractivity contribution in [2.24, 2.45) is 0 Å². The molecule has 2 heterocycles. The second kappa shape index (κ2) is 7.16. The second-order valence-electron chi connectivity index (χ2n) is 5.55. The van der Waals surface area contributed by atoms with Crippen LogP contribution in [0.1, 0.15) is 29.3 Å². The average Bonchev–Trinajstić information content (AvgIpc) is 3.04. The molecule has 3 nitrogen and oxygen atoms in total. The number of nitrogens with one attached hydrogen (secondary N) is 1. The molecule has 0 aliphatic carbocycles. The molecule has 112 valence electrons. The maximum atomic E-state index is 5.11. The zero-order valence-electron chi connectivity index (χ0n) is 12.5. The Morgan fingerprint density at radius 1 is 1.33 bits per heavy atom. The fraction of sp³-hybridized carbons (Fsp3) is 0.471. The molecule has 1 aromatic carbocycles.